The zero-order valence-corrected chi connectivity index (χ0v) is 18.8. The summed E-state index contributed by atoms with van der Waals surface area (Å²) in [4.78, 5) is 31.1. The van der Waals surface area contributed by atoms with E-state index in [9.17, 15) is 9.59 Å². The molecule has 0 N–H and O–H groups in total. The molecule has 0 saturated heterocycles. The monoisotopic (exact) mass is 454 g/mol. The lowest BCUT2D eigenvalue weighted by atomic mass is 10.1. The second-order valence-corrected chi connectivity index (χ2v) is 8.00. The van der Waals surface area contributed by atoms with E-state index in [-0.39, 0.29) is 24.5 Å². The highest BCUT2D eigenvalue weighted by Crippen LogP contribution is 2.20. The number of fused-ring (bicyclic) bond motifs is 1. The van der Waals surface area contributed by atoms with Crippen molar-refractivity contribution in [2.24, 2.45) is 0 Å². The van der Waals surface area contributed by atoms with Crippen LogP contribution in [0.25, 0.3) is 22.3 Å². The van der Waals surface area contributed by atoms with Crippen LogP contribution in [0.15, 0.2) is 86.9 Å². The number of rotatable bonds is 6. The topological polar surface area (TPSA) is 92.2 Å². The molecular formula is C26H22N4O4. The van der Waals surface area contributed by atoms with Gasteiger partial charge in [-0.05, 0) is 48.9 Å². The summed E-state index contributed by atoms with van der Waals surface area (Å²) in [6.07, 6.45) is 0. The van der Waals surface area contributed by atoms with Crippen LogP contribution >= 0.6 is 0 Å². The van der Waals surface area contributed by atoms with Crippen molar-refractivity contribution >= 4 is 10.9 Å². The lowest BCUT2D eigenvalue weighted by Gasteiger charge is -2.13. The van der Waals surface area contributed by atoms with Crippen LogP contribution in [0.5, 0.6) is 5.75 Å². The van der Waals surface area contributed by atoms with E-state index in [1.807, 2.05) is 55.5 Å². The Morgan fingerprint density at radius 3 is 2.35 bits per heavy atom. The number of hydrogen-bond acceptors (Lipinski definition) is 6. The predicted octanol–water partition coefficient (Wildman–Crippen LogP) is 3.63. The average molecular weight is 454 g/mol. The van der Waals surface area contributed by atoms with Gasteiger partial charge in [0.15, 0.2) is 0 Å². The minimum Gasteiger partial charge on any atom is -0.497 e. The van der Waals surface area contributed by atoms with E-state index in [1.54, 1.807) is 31.4 Å². The zero-order valence-electron chi connectivity index (χ0n) is 18.8. The fourth-order valence-corrected chi connectivity index (χ4v) is 3.85. The first-order valence-corrected chi connectivity index (χ1v) is 10.8. The van der Waals surface area contributed by atoms with Gasteiger partial charge < -0.3 is 9.26 Å². The second kappa shape index (κ2) is 8.82. The molecule has 0 saturated carbocycles. The summed E-state index contributed by atoms with van der Waals surface area (Å²) in [5.41, 5.74) is 2.48. The van der Waals surface area contributed by atoms with Crippen molar-refractivity contribution in [3.8, 4) is 17.1 Å². The van der Waals surface area contributed by atoms with E-state index < -0.39 is 5.69 Å². The maximum atomic E-state index is 13.4. The van der Waals surface area contributed by atoms with Crippen LogP contribution in [-0.2, 0) is 13.1 Å². The molecule has 0 atom stereocenters. The summed E-state index contributed by atoms with van der Waals surface area (Å²) in [6.45, 7) is 2.20. The largest absolute Gasteiger partial charge is 0.497 e. The Balaban J connectivity index is 1.55. The summed E-state index contributed by atoms with van der Waals surface area (Å²) in [5.74, 6) is 1.39. The van der Waals surface area contributed by atoms with Crippen LogP contribution in [0.2, 0.25) is 0 Å². The minimum atomic E-state index is -0.437. The molecule has 3 aromatic carbocycles. The smallest absolute Gasteiger partial charge is 0.332 e. The first-order valence-electron chi connectivity index (χ1n) is 10.8. The van der Waals surface area contributed by atoms with Crippen LogP contribution in [-0.4, -0.2) is 26.4 Å². The fourth-order valence-electron chi connectivity index (χ4n) is 3.85. The third kappa shape index (κ3) is 4.01. The fraction of sp³-hybridized carbons (Fsp3) is 0.154. The molecule has 2 heterocycles. The Kier molecular flexibility index (Phi) is 5.55. The molecule has 170 valence electrons. The third-order valence-electron chi connectivity index (χ3n) is 5.70. The Morgan fingerprint density at radius 2 is 1.62 bits per heavy atom. The van der Waals surface area contributed by atoms with Crippen molar-refractivity contribution in [2.75, 3.05) is 7.11 Å². The van der Waals surface area contributed by atoms with E-state index in [0.29, 0.717) is 16.7 Å². The van der Waals surface area contributed by atoms with Crippen molar-refractivity contribution < 1.29 is 9.26 Å². The highest BCUT2D eigenvalue weighted by molar-refractivity contribution is 5.77. The van der Waals surface area contributed by atoms with E-state index in [1.165, 1.54) is 9.13 Å². The molecule has 0 radical (unpaired) electrons. The SMILES string of the molecule is COc1ccc(-c2noc(Cn3c(=O)n(Cc4ccc(C)cc4)c(=O)c4ccccc43)n2)cc1. The Morgan fingerprint density at radius 1 is 0.882 bits per heavy atom. The van der Waals surface area contributed by atoms with Crippen molar-refractivity contribution in [1.82, 2.24) is 19.3 Å². The van der Waals surface area contributed by atoms with Crippen molar-refractivity contribution in [1.29, 1.82) is 0 Å². The molecule has 0 aliphatic rings. The standard InChI is InChI=1S/C26H22N4O4/c1-17-7-9-18(10-8-17)15-30-25(31)21-5-3-4-6-22(21)29(26(30)32)16-23-27-24(28-34-23)19-11-13-20(33-2)14-12-19/h3-14H,15-16H2,1-2H3. The number of nitrogens with zero attached hydrogens (tertiary/aromatic N) is 4. The predicted molar refractivity (Wildman–Crippen MR) is 128 cm³/mol. The number of para-hydroxylation sites is 1. The van der Waals surface area contributed by atoms with Crippen LogP contribution in [0.3, 0.4) is 0 Å². The van der Waals surface area contributed by atoms with Crippen LogP contribution in [0, 0.1) is 6.92 Å². The van der Waals surface area contributed by atoms with Gasteiger partial charge in [-0.1, -0.05) is 47.1 Å². The van der Waals surface area contributed by atoms with Crippen molar-refractivity contribution in [3.63, 3.8) is 0 Å². The molecule has 5 aromatic rings. The van der Waals surface area contributed by atoms with E-state index in [4.69, 9.17) is 9.26 Å². The lowest BCUT2D eigenvalue weighted by molar-refractivity contribution is 0.369. The molecule has 0 unspecified atom stereocenters. The Bertz CT molecular complexity index is 1580. The van der Waals surface area contributed by atoms with Gasteiger partial charge in [0.05, 0.1) is 24.6 Å². The van der Waals surface area contributed by atoms with Gasteiger partial charge in [0.1, 0.15) is 12.3 Å². The summed E-state index contributed by atoms with van der Waals surface area (Å²) >= 11 is 0. The highest BCUT2D eigenvalue weighted by atomic mass is 16.5. The van der Waals surface area contributed by atoms with Gasteiger partial charge in [-0.15, -0.1) is 0 Å². The van der Waals surface area contributed by atoms with E-state index >= 15 is 0 Å². The molecule has 2 aromatic heterocycles. The normalized spacial score (nSPS) is 11.1. The molecule has 0 spiro atoms. The van der Waals surface area contributed by atoms with Gasteiger partial charge in [0.2, 0.25) is 11.7 Å². The summed E-state index contributed by atoms with van der Waals surface area (Å²) in [7, 11) is 1.60. The number of hydrogen-bond donors (Lipinski definition) is 0. The summed E-state index contributed by atoms with van der Waals surface area (Å²) in [6, 6.07) is 22.1. The van der Waals surface area contributed by atoms with Gasteiger partial charge in [0, 0.05) is 5.56 Å². The highest BCUT2D eigenvalue weighted by Gasteiger charge is 2.16. The van der Waals surface area contributed by atoms with Gasteiger partial charge in [-0.2, -0.15) is 4.98 Å². The number of methoxy groups -OCH3 is 1. The Hall–Kier alpha value is -4.46. The lowest BCUT2D eigenvalue weighted by Crippen LogP contribution is -2.40. The number of aryl methyl sites for hydroxylation is 1. The van der Waals surface area contributed by atoms with Gasteiger partial charge >= 0.3 is 5.69 Å². The van der Waals surface area contributed by atoms with Gasteiger partial charge in [-0.25, -0.2) is 4.79 Å². The van der Waals surface area contributed by atoms with Crippen LogP contribution in [0.1, 0.15) is 17.0 Å². The van der Waals surface area contributed by atoms with Crippen LogP contribution < -0.4 is 16.0 Å². The molecule has 0 aliphatic heterocycles. The summed E-state index contributed by atoms with van der Waals surface area (Å²) in [5, 5.41) is 4.50. The first-order chi connectivity index (χ1) is 16.5. The zero-order chi connectivity index (χ0) is 23.7. The number of ether oxygens (including phenoxy) is 1. The third-order valence-corrected chi connectivity index (χ3v) is 5.70. The number of benzene rings is 3. The van der Waals surface area contributed by atoms with Crippen LogP contribution in [0.4, 0.5) is 0 Å². The van der Waals surface area contributed by atoms with Gasteiger partial charge in [-0.3, -0.25) is 13.9 Å². The van der Waals surface area contributed by atoms with Crippen molar-refractivity contribution in [3.05, 3.63) is 111 Å². The molecule has 8 heteroatoms. The summed E-state index contributed by atoms with van der Waals surface area (Å²) < 4.78 is 13.4. The molecule has 8 nitrogen and oxygen atoms in total. The maximum absolute atomic E-state index is 13.4. The molecule has 0 fully saturated rings. The average Bonchev–Trinajstić information content (AvgIpc) is 3.34. The second-order valence-electron chi connectivity index (χ2n) is 8.00. The van der Waals surface area contributed by atoms with Crippen molar-refractivity contribution in [2.45, 2.75) is 20.0 Å². The quantitative estimate of drug-likeness (QED) is 0.389. The Labute approximate surface area is 194 Å². The van der Waals surface area contributed by atoms with Gasteiger partial charge in [0.25, 0.3) is 5.56 Å². The maximum Gasteiger partial charge on any atom is 0.332 e. The molecule has 0 bridgehead atoms. The number of aromatic nitrogens is 4. The van der Waals surface area contributed by atoms with E-state index in [2.05, 4.69) is 10.1 Å². The molecule has 34 heavy (non-hydrogen) atoms. The molecule has 0 aliphatic carbocycles. The molecular weight excluding hydrogens is 432 g/mol. The minimum absolute atomic E-state index is 0.0384. The molecule has 5 rings (SSSR count). The van der Waals surface area contributed by atoms with E-state index in [0.717, 1.165) is 22.4 Å². The molecule has 0 amide bonds. The first kappa shape index (κ1) is 21.4.